The van der Waals surface area contributed by atoms with Crippen LogP contribution in [0.25, 0.3) is 0 Å². The summed E-state index contributed by atoms with van der Waals surface area (Å²) in [6, 6.07) is 9.32. The minimum atomic E-state index is -1.78. The Labute approximate surface area is 84.5 Å². The first kappa shape index (κ1) is 11.0. The van der Waals surface area contributed by atoms with Gasteiger partial charge in [0.2, 0.25) is 0 Å². The topological polar surface area (TPSA) is 40.5 Å². The number of hydrogen-bond acceptors (Lipinski definition) is 2. The Morgan fingerprint density at radius 3 is 2.36 bits per heavy atom. The van der Waals surface area contributed by atoms with Crippen molar-refractivity contribution in [2.45, 2.75) is 19.1 Å². The first-order valence-electron chi connectivity index (χ1n) is 4.53. The summed E-state index contributed by atoms with van der Waals surface area (Å²) in [5.41, 5.74) is 0.833. The van der Waals surface area contributed by atoms with Gasteiger partial charge >= 0.3 is 0 Å². The summed E-state index contributed by atoms with van der Waals surface area (Å²) in [6.07, 6.45) is 2.13. The molecule has 1 radical (unpaired) electrons. The van der Waals surface area contributed by atoms with Gasteiger partial charge in [-0.2, -0.15) is 0 Å². The van der Waals surface area contributed by atoms with Gasteiger partial charge in [0.15, 0.2) is 5.79 Å². The van der Waals surface area contributed by atoms with Crippen molar-refractivity contribution in [2.75, 3.05) is 0 Å². The summed E-state index contributed by atoms with van der Waals surface area (Å²) in [6.45, 7) is 4.96. The maximum absolute atomic E-state index is 9.53. The number of allylic oxidation sites excluding steroid dienone is 1. The maximum Gasteiger partial charge on any atom is 0.170 e. The number of hydrogen-bond donors (Lipinski definition) is 2. The third-order valence-corrected chi connectivity index (χ3v) is 2.04. The van der Waals surface area contributed by atoms with E-state index in [-0.39, 0.29) is 0 Å². The molecule has 75 valence electrons. The van der Waals surface area contributed by atoms with Crippen molar-refractivity contribution >= 4 is 0 Å². The van der Waals surface area contributed by atoms with Gasteiger partial charge in [-0.3, -0.25) is 0 Å². The van der Waals surface area contributed by atoms with Crippen LogP contribution in [0.5, 0.6) is 0 Å². The summed E-state index contributed by atoms with van der Waals surface area (Å²) in [5, 5.41) is 19.1. The summed E-state index contributed by atoms with van der Waals surface area (Å²) < 4.78 is 0. The Bertz CT molecular complexity index is 285. The Hall–Kier alpha value is -1.12. The fraction of sp³-hybridized carbons (Fsp3) is 0.250. The second kappa shape index (κ2) is 4.40. The minimum Gasteiger partial charge on any atom is -0.365 e. The van der Waals surface area contributed by atoms with E-state index in [9.17, 15) is 10.2 Å². The molecule has 0 aliphatic carbocycles. The largest absolute Gasteiger partial charge is 0.365 e. The second-order valence-electron chi connectivity index (χ2n) is 3.36. The lowest BCUT2D eigenvalue weighted by Crippen LogP contribution is -2.32. The van der Waals surface area contributed by atoms with Crippen molar-refractivity contribution in [2.24, 2.45) is 0 Å². The predicted octanol–water partition coefficient (Wildman–Crippen LogP) is 1.89. The molecule has 14 heavy (non-hydrogen) atoms. The molecule has 1 rings (SSSR count). The zero-order valence-electron chi connectivity index (χ0n) is 8.27. The summed E-state index contributed by atoms with van der Waals surface area (Å²) >= 11 is 0. The fourth-order valence-corrected chi connectivity index (χ4v) is 1.37. The van der Waals surface area contributed by atoms with E-state index in [2.05, 4.69) is 6.58 Å². The van der Waals surface area contributed by atoms with Gasteiger partial charge in [0.1, 0.15) is 0 Å². The molecule has 0 spiro atoms. The lowest BCUT2D eigenvalue weighted by Gasteiger charge is -2.26. The highest BCUT2D eigenvalue weighted by Gasteiger charge is 2.29. The van der Waals surface area contributed by atoms with Gasteiger partial charge in [0.05, 0.1) is 5.92 Å². The summed E-state index contributed by atoms with van der Waals surface area (Å²) in [7, 11) is 0. The van der Waals surface area contributed by atoms with Crippen LogP contribution in [0.3, 0.4) is 0 Å². The minimum absolute atomic E-state index is 0.466. The predicted molar refractivity (Wildman–Crippen MR) is 56.4 cm³/mol. The van der Waals surface area contributed by atoms with Crippen LogP contribution in [0.4, 0.5) is 0 Å². The van der Waals surface area contributed by atoms with Crippen LogP contribution < -0.4 is 0 Å². The van der Waals surface area contributed by atoms with Gasteiger partial charge in [0, 0.05) is 0 Å². The normalized spacial score (nSPS) is 11.7. The van der Waals surface area contributed by atoms with E-state index >= 15 is 0 Å². The van der Waals surface area contributed by atoms with E-state index in [1.54, 1.807) is 6.08 Å². The zero-order chi connectivity index (χ0) is 10.6. The highest BCUT2D eigenvalue weighted by molar-refractivity contribution is 5.34. The monoisotopic (exact) mass is 191 g/mol. The Kier molecular flexibility index (Phi) is 3.44. The molecule has 0 amide bonds. The molecule has 0 bridgehead atoms. The Morgan fingerprint density at radius 2 is 1.93 bits per heavy atom. The molecule has 0 fully saturated rings. The van der Waals surface area contributed by atoms with Gasteiger partial charge in [-0.25, -0.2) is 0 Å². The number of aliphatic hydroxyl groups is 2. The number of benzene rings is 1. The molecule has 0 heterocycles. The van der Waals surface area contributed by atoms with E-state index in [0.29, 0.717) is 12.3 Å². The van der Waals surface area contributed by atoms with Gasteiger partial charge < -0.3 is 10.2 Å². The fourth-order valence-electron chi connectivity index (χ4n) is 1.37. The van der Waals surface area contributed by atoms with E-state index in [0.717, 1.165) is 5.56 Å². The molecule has 1 aromatic carbocycles. The molecule has 0 aliphatic heterocycles. The molecule has 2 N–H and O–H groups in total. The maximum atomic E-state index is 9.53. The molecular weight excluding hydrogens is 176 g/mol. The van der Waals surface area contributed by atoms with Crippen molar-refractivity contribution in [3.8, 4) is 0 Å². The van der Waals surface area contributed by atoms with Crippen LogP contribution in [0.15, 0.2) is 43.0 Å². The van der Waals surface area contributed by atoms with Crippen molar-refractivity contribution in [1.82, 2.24) is 0 Å². The first-order valence-corrected chi connectivity index (χ1v) is 4.53. The second-order valence-corrected chi connectivity index (χ2v) is 3.36. The van der Waals surface area contributed by atoms with Crippen LogP contribution in [0.1, 0.15) is 18.9 Å². The van der Waals surface area contributed by atoms with Gasteiger partial charge in [-0.05, 0) is 18.9 Å². The number of rotatable bonds is 4. The Morgan fingerprint density at radius 1 is 1.36 bits per heavy atom. The molecule has 0 aromatic heterocycles. The van der Waals surface area contributed by atoms with E-state index in [4.69, 9.17) is 0 Å². The molecule has 2 heteroatoms. The van der Waals surface area contributed by atoms with Crippen molar-refractivity contribution < 1.29 is 10.2 Å². The summed E-state index contributed by atoms with van der Waals surface area (Å²) in [5.74, 6) is -1.22. The van der Waals surface area contributed by atoms with E-state index in [1.807, 2.05) is 30.3 Å². The van der Waals surface area contributed by atoms with Crippen molar-refractivity contribution in [3.63, 3.8) is 0 Å². The van der Waals surface area contributed by atoms with Crippen LogP contribution >= 0.6 is 0 Å². The van der Waals surface area contributed by atoms with Gasteiger partial charge in [0.25, 0.3) is 0 Å². The van der Waals surface area contributed by atoms with Crippen LogP contribution in [0.2, 0.25) is 0 Å². The van der Waals surface area contributed by atoms with E-state index in [1.165, 1.54) is 6.92 Å². The highest BCUT2D eigenvalue weighted by atomic mass is 16.5. The highest BCUT2D eigenvalue weighted by Crippen LogP contribution is 2.28. The van der Waals surface area contributed by atoms with Crippen LogP contribution in [0, 0.1) is 5.92 Å². The molecule has 1 aromatic rings. The average molecular weight is 191 g/mol. The molecule has 0 saturated heterocycles. The lowest BCUT2D eigenvalue weighted by atomic mass is 9.89. The third-order valence-electron chi connectivity index (χ3n) is 2.04. The zero-order valence-corrected chi connectivity index (χ0v) is 8.27. The lowest BCUT2D eigenvalue weighted by molar-refractivity contribution is -0.127. The first-order chi connectivity index (χ1) is 6.55. The summed E-state index contributed by atoms with van der Waals surface area (Å²) in [4.78, 5) is 0. The van der Waals surface area contributed by atoms with Gasteiger partial charge in [-0.15, -0.1) is 6.58 Å². The standard InChI is InChI=1S/C12H15O2/c1-3-7-11(12(2,13)14)10-8-5-4-6-9-10/h3-6,8-9,13-14H,1,7H2,2H3. The molecule has 0 saturated carbocycles. The molecular formula is C12H15O2. The average Bonchev–Trinajstić information content (AvgIpc) is 2.14. The van der Waals surface area contributed by atoms with Crippen molar-refractivity contribution in [3.05, 3.63) is 54.5 Å². The molecule has 0 atom stereocenters. The van der Waals surface area contributed by atoms with Gasteiger partial charge in [-0.1, -0.05) is 36.4 Å². The third kappa shape index (κ3) is 2.69. The molecule has 2 nitrogen and oxygen atoms in total. The quantitative estimate of drug-likeness (QED) is 0.563. The Balaban J connectivity index is 2.95. The van der Waals surface area contributed by atoms with Crippen molar-refractivity contribution in [1.29, 1.82) is 0 Å². The SMILES string of the molecule is C=CC[C](c1ccccc1)C(C)(O)O. The van der Waals surface area contributed by atoms with E-state index < -0.39 is 5.79 Å². The van der Waals surface area contributed by atoms with Crippen LogP contribution in [-0.2, 0) is 0 Å². The molecule has 0 aliphatic rings. The van der Waals surface area contributed by atoms with Crippen LogP contribution in [-0.4, -0.2) is 16.0 Å². The molecule has 0 unspecified atom stereocenters. The smallest absolute Gasteiger partial charge is 0.170 e.